The molecular formula is C17H16ClN3. The Balaban J connectivity index is 1.66. The number of imidazole rings is 1. The molecule has 0 fully saturated rings. The summed E-state index contributed by atoms with van der Waals surface area (Å²) in [6.07, 6.45) is 5.50. The first-order valence-corrected chi connectivity index (χ1v) is 7.17. The molecular weight excluding hydrogens is 282 g/mol. The molecule has 1 N–H and O–H groups in total. The topological polar surface area (TPSA) is 29.9 Å². The minimum Gasteiger partial charge on any atom is -0.381 e. The van der Waals surface area contributed by atoms with Gasteiger partial charge >= 0.3 is 0 Å². The van der Waals surface area contributed by atoms with Crippen molar-refractivity contribution in [2.45, 2.75) is 13.5 Å². The van der Waals surface area contributed by atoms with E-state index in [4.69, 9.17) is 11.6 Å². The molecule has 4 heteroatoms. The first kappa shape index (κ1) is 13.7. The molecule has 1 heterocycles. The normalized spacial score (nSPS) is 10.6. The van der Waals surface area contributed by atoms with Gasteiger partial charge in [-0.2, -0.15) is 0 Å². The number of nitrogens with one attached hydrogen (secondary N) is 1. The Hall–Kier alpha value is -2.26. The van der Waals surface area contributed by atoms with Crippen LogP contribution in [0.3, 0.4) is 0 Å². The number of rotatable bonds is 4. The fraction of sp³-hybridized carbons (Fsp3) is 0.118. The van der Waals surface area contributed by atoms with Crippen LogP contribution >= 0.6 is 11.6 Å². The summed E-state index contributed by atoms with van der Waals surface area (Å²) >= 11 is 6.12. The molecule has 2 aromatic carbocycles. The number of aromatic nitrogens is 2. The lowest BCUT2D eigenvalue weighted by Crippen LogP contribution is -2.00. The average molecular weight is 298 g/mol. The Morgan fingerprint density at radius 1 is 1.14 bits per heavy atom. The van der Waals surface area contributed by atoms with Crippen LogP contribution in [-0.2, 0) is 6.54 Å². The summed E-state index contributed by atoms with van der Waals surface area (Å²) in [6, 6.07) is 14.4. The van der Waals surface area contributed by atoms with Crippen molar-refractivity contribution < 1.29 is 0 Å². The van der Waals surface area contributed by atoms with E-state index in [1.165, 1.54) is 5.56 Å². The van der Waals surface area contributed by atoms with Gasteiger partial charge in [-0.05, 0) is 42.3 Å². The molecule has 0 atom stereocenters. The second-order valence-corrected chi connectivity index (χ2v) is 5.36. The molecule has 0 bridgehead atoms. The maximum Gasteiger partial charge on any atom is 0.0991 e. The SMILES string of the molecule is Cc1ccc(NCc2ccc(-n3ccnc3)cc2)cc1Cl. The zero-order valence-corrected chi connectivity index (χ0v) is 12.5. The molecule has 0 aliphatic heterocycles. The largest absolute Gasteiger partial charge is 0.381 e. The van der Waals surface area contributed by atoms with Crippen LogP contribution in [0.25, 0.3) is 5.69 Å². The highest BCUT2D eigenvalue weighted by atomic mass is 35.5. The number of halogens is 1. The van der Waals surface area contributed by atoms with Gasteiger partial charge in [0.05, 0.1) is 6.33 Å². The minimum atomic E-state index is 0.767. The minimum absolute atomic E-state index is 0.767. The zero-order valence-electron chi connectivity index (χ0n) is 11.8. The molecule has 106 valence electrons. The van der Waals surface area contributed by atoms with Gasteiger partial charge in [-0.1, -0.05) is 29.8 Å². The lowest BCUT2D eigenvalue weighted by Gasteiger charge is -2.09. The Morgan fingerprint density at radius 3 is 2.62 bits per heavy atom. The van der Waals surface area contributed by atoms with Crippen LogP contribution in [0.4, 0.5) is 5.69 Å². The van der Waals surface area contributed by atoms with Crippen molar-refractivity contribution in [1.29, 1.82) is 0 Å². The lowest BCUT2D eigenvalue weighted by atomic mass is 10.2. The molecule has 0 spiro atoms. The van der Waals surface area contributed by atoms with E-state index in [0.717, 1.165) is 28.5 Å². The van der Waals surface area contributed by atoms with Crippen LogP contribution in [0, 0.1) is 6.92 Å². The predicted molar refractivity (Wildman–Crippen MR) is 87.1 cm³/mol. The van der Waals surface area contributed by atoms with Gasteiger partial charge in [-0.15, -0.1) is 0 Å². The van der Waals surface area contributed by atoms with Crippen molar-refractivity contribution in [2.24, 2.45) is 0 Å². The van der Waals surface area contributed by atoms with E-state index in [1.54, 1.807) is 12.5 Å². The Kier molecular flexibility index (Phi) is 3.93. The summed E-state index contributed by atoms with van der Waals surface area (Å²) in [4.78, 5) is 4.05. The van der Waals surface area contributed by atoms with Crippen molar-refractivity contribution in [1.82, 2.24) is 9.55 Å². The maximum absolute atomic E-state index is 6.12. The average Bonchev–Trinajstić information content (AvgIpc) is 3.03. The molecule has 3 rings (SSSR count). The van der Waals surface area contributed by atoms with Gasteiger partial charge in [0.15, 0.2) is 0 Å². The summed E-state index contributed by atoms with van der Waals surface area (Å²) < 4.78 is 1.98. The van der Waals surface area contributed by atoms with Crippen LogP contribution < -0.4 is 5.32 Å². The second kappa shape index (κ2) is 6.02. The van der Waals surface area contributed by atoms with E-state index >= 15 is 0 Å². The van der Waals surface area contributed by atoms with Gasteiger partial charge in [0.25, 0.3) is 0 Å². The van der Waals surface area contributed by atoms with Crippen molar-refractivity contribution in [3.8, 4) is 5.69 Å². The fourth-order valence-electron chi connectivity index (χ4n) is 2.10. The Labute approximate surface area is 129 Å². The number of anilines is 1. The third-order valence-corrected chi connectivity index (χ3v) is 3.81. The lowest BCUT2D eigenvalue weighted by molar-refractivity contribution is 1.05. The van der Waals surface area contributed by atoms with E-state index in [9.17, 15) is 0 Å². The summed E-state index contributed by atoms with van der Waals surface area (Å²) in [5.74, 6) is 0. The van der Waals surface area contributed by atoms with Gasteiger partial charge in [0, 0.05) is 35.3 Å². The molecule has 3 nitrogen and oxygen atoms in total. The molecule has 1 aromatic heterocycles. The number of hydrogen-bond acceptors (Lipinski definition) is 2. The van der Waals surface area contributed by atoms with E-state index in [1.807, 2.05) is 35.9 Å². The van der Waals surface area contributed by atoms with Crippen LogP contribution in [-0.4, -0.2) is 9.55 Å². The quantitative estimate of drug-likeness (QED) is 0.771. The smallest absolute Gasteiger partial charge is 0.0991 e. The van der Waals surface area contributed by atoms with Crippen molar-refractivity contribution in [2.75, 3.05) is 5.32 Å². The molecule has 0 saturated carbocycles. The third-order valence-electron chi connectivity index (χ3n) is 3.41. The van der Waals surface area contributed by atoms with Gasteiger partial charge < -0.3 is 9.88 Å². The first-order valence-electron chi connectivity index (χ1n) is 6.80. The van der Waals surface area contributed by atoms with Crippen molar-refractivity contribution >= 4 is 17.3 Å². The number of hydrogen-bond donors (Lipinski definition) is 1. The van der Waals surface area contributed by atoms with E-state index in [-0.39, 0.29) is 0 Å². The molecule has 0 aliphatic rings. The fourth-order valence-corrected chi connectivity index (χ4v) is 2.29. The molecule has 0 amide bonds. The van der Waals surface area contributed by atoms with Crippen LogP contribution in [0.15, 0.2) is 61.2 Å². The van der Waals surface area contributed by atoms with Gasteiger partial charge in [0.2, 0.25) is 0 Å². The molecule has 0 saturated heterocycles. The predicted octanol–water partition coefficient (Wildman–Crippen LogP) is 4.45. The van der Waals surface area contributed by atoms with E-state index in [0.29, 0.717) is 0 Å². The molecule has 21 heavy (non-hydrogen) atoms. The molecule has 0 aliphatic carbocycles. The highest BCUT2D eigenvalue weighted by Gasteiger charge is 1.99. The molecule has 0 radical (unpaired) electrons. The standard InChI is InChI=1S/C17H16ClN3/c1-13-2-5-15(10-17(13)18)20-11-14-3-6-16(7-4-14)21-9-8-19-12-21/h2-10,12,20H,11H2,1H3. The van der Waals surface area contributed by atoms with E-state index < -0.39 is 0 Å². The first-order chi connectivity index (χ1) is 10.2. The Bertz CT molecular complexity index is 718. The van der Waals surface area contributed by atoms with Crippen LogP contribution in [0.1, 0.15) is 11.1 Å². The van der Waals surface area contributed by atoms with Crippen LogP contribution in [0.2, 0.25) is 5.02 Å². The molecule has 0 unspecified atom stereocenters. The molecule has 3 aromatic rings. The summed E-state index contributed by atoms with van der Waals surface area (Å²) in [6.45, 7) is 2.77. The third kappa shape index (κ3) is 3.26. The van der Waals surface area contributed by atoms with E-state index in [2.05, 4.69) is 34.6 Å². The van der Waals surface area contributed by atoms with Gasteiger partial charge in [-0.3, -0.25) is 0 Å². The number of aryl methyl sites for hydroxylation is 1. The summed E-state index contributed by atoms with van der Waals surface area (Å²) in [5, 5.41) is 4.17. The summed E-state index contributed by atoms with van der Waals surface area (Å²) in [5.41, 5.74) is 4.45. The zero-order chi connectivity index (χ0) is 14.7. The number of benzene rings is 2. The van der Waals surface area contributed by atoms with Crippen molar-refractivity contribution in [3.63, 3.8) is 0 Å². The Morgan fingerprint density at radius 2 is 1.95 bits per heavy atom. The van der Waals surface area contributed by atoms with Gasteiger partial charge in [0.1, 0.15) is 0 Å². The van der Waals surface area contributed by atoms with Gasteiger partial charge in [-0.25, -0.2) is 4.98 Å². The summed E-state index contributed by atoms with van der Waals surface area (Å²) in [7, 11) is 0. The van der Waals surface area contributed by atoms with Crippen molar-refractivity contribution in [3.05, 3.63) is 77.3 Å². The highest BCUT2D eigenvalue weighted by molar-refractivity contribution is 6.31. The highest BCUT2D eigenvalue weighted by Crippen LogP contribution is 2.20. The maximum atomic E-state index is 6.12. The number of nitrogens with zero attached hydrogens (tertiary/aromatic N) is 2. The monoisotopic (exact) mass is 297 g/mol. The second-order valence-electron chi connectivity index (χ2n) is 4.95. The van der Waals surface area contributed by atoms with Crippen LogP contribution in [0.5, 0.6) is 0 Å².